The second kappa shape index (κ2) is 5.02. The molecule has 0 saturated heterocycles. The van der Waals surface area contributed by atoms with Crippen molar-refractivity contribution < 1.29 is 0 Å². The summed E-state index contributed by atoms with van der Waals surface area (Å²) in [5, 5.41) is 0. The lowest BCUT2D eigenvalue weighted by molar-refractivity contribution is 0.646. The summed E-state index contributed by atoms with van der Waals surface area (Å²) in [6.07, 6.45) is 7.47. The van der Waals surface area contributed by atoms with Gasteiger partial charge in [0.1, 0.15) is 12.1 Å². The maximum Gasteiger partial charge on any atom is 0.135 e. The van der Waals surface area contributed by atoms with E-state index in [0.29, 0.717) is 0 Å². The summed E-state index contributed by atoms with van der Waals surface area (Å²) >= 11 is 0. The summed E-state index contributed by atoms with van der Waals surface area (Å²) in [5.74, 6) is 1.13. The Morgan fingerprint density at radius 3 is 2.86 bits per heavy atom. The van der Waals surface area contributed by atoms with E-state index in [1.54, 1.807) is 6.33 Å². The highest BCUT2D eigenvalue weighted by Gasteiger charge is 2.24. The number of nitrogens with two attached hydrogens (primary N) is 1. The Morgan fingerprint density at radius 2 is 1.90 bits per heavy atom. The van der Waals surface area contributed by atoms with Crippen LogP contribution in [0, 0.1) is 0 Å². The lowest BCUT2D eigenvalue weighted by Crippen LogP contribution is -2.33. The summed E-state index contributed by atoms with van der Waals surface area (Å²) < 4.78 is 0. The number of aromatic nitrogens is 2. The minimum absolute atomic E-state index is 0.867. The lowest BCUT2D eigenvalue weighted by Gasteiger charge is -2.33. The normalized spacial score (nSPS) is 17.2. The first kappa shape index (κ1) is 12.6. The van der Waals surface area contributed by atoms with Gasteiger partial charge in [0.25, 0.3) is 0 Å². The summed E-state index contributed by atoms with van der Waals surface area (Å²) in [4.78, 5) is 11.4. The minimum atomic E-state index is 0.867. The van der Waals surface area contributed by atoms with E-state index in [4.69, 9.17) is 5.73 Å². The molecule has 2 heterocycles. The smallest absolute Gasteiger partial charge is 0.135 e. The number of anilines is 2. The van der Waals surface area contributed by atoms with Crippen LogP contribution in [0.5, 0.6) is 0 Å². The number of rotatable bonds is 1. The molecule has 0 atom stereocenters. The molecule has 0 spiro atoms. The first-order chi connectivity index (χ1) is 10.3. The second-order valence-corrected chi connectivity index (χ2v) is 5.99. The fourth-order valence-corrected chi connectivity index (χ4v) is 3.56. The lowest BCUT2D eigenvalue weighted by atomic mass is 9.94. The van der Waals surface area contributed by atoms with Crippen molar-refractivity contribution in [2.24, 2.45) is 0 Å². The van der Waals surface area contributed by atoms with Crippen LogP contribution in [0.3, 0.4) is 0 Å². The van der Waals surface area contributed by atoms with Gasteiger partial charge in [-0.15, -0.1) is 0 Å². The fourth-order valence-electron chi connectivity index (χ4n) is 3.56. The first-order valence-electron chi connectivity index (χ1n) is 7.77. The first-order valence-corrected chi connectivity index (χ1v) is 7.77. The summed E-state index contributed by atoms with van der Waals surface area (Å²) in [7, 11) is 0. The zero-order chi connectivity index (χ0) is 14.2. The molecule has 21 heavy (non-hydrogen) atoms. The molecule has 0 bridgehead atoms. The summed E-state index contributed by atoms with van der Waals surface area (Å²) in [5.41, 5.74) is 12.3. The Bertz CT molecular complexity index is 680. The third kappa shape index (κ3) is 2.15. The molecule has 4 rings (SSSR count). The molecule has 2 N–H and O–H groups in total. The van der Waals surface area contributed by atoms with E-state index in [-0.39, 0.29) is 0 Å². The van der Waals surface area contributed by atoms with Crippen LogP contribution in [0.15, 0.2) is 24.5 Å². The molecule has 2 aliphatic rings. The molecule has 108 valence electrons. The van der Waals surface area contributed by atoms with E-state index >= 15 is 0 Å². The van der Waals surface area contributed by atoms with Crippen molar-refractivity contribution in [3.05, 3.63) is 46.9 Å². The van der Waals surface area contributed by atoms with Gasteiger partial charge in [0, 0.05) is 30.0 Å². The van der Waals surface area contributed by atoms with E-state index in [2.05, 4.69) is 27.0 Å². The Balaban J connectivity index is 1.71. The largest absolute Gasteiger partial charge is 0.398 e. The molecule has 2 aromatic rings. The molecule has 0 saturated carbocycles. The van der Waals surface area contributed by atoms with E-state index in [9.17, 15) is 0 Å². The molecule has 0 amide bonds. The number of fused-ring (bicyclic) bond motifs is 2. The van der Waals surface area contributed by atoms with Crippen LogP contribution in [0.4, 0.5) is 11.5 Å². The van der Waals surface area contributed by atoms with Crippen molar-refractivity contribution in [1.29, 1.82) is 0 Å². The maximum atomic E-state index is 6.16. The molecule has 0 unspecified atom stereocenters. The van der Waals surface area contributed by atoms with Crippen LogP contribution in [-0.4, -0.2) is 16.5 Å². The van der Waals surface area contributed by atoms with Gasteiger partial charge in [-0.25, -0.2) is 9.97 Å². The van der Waals surface area contributed by atoms with E-state index in [1.165, 1.54) is 35.2 Å². The van der Waals surface area contributed by atoms with Gasteiger partial charge >= 0.3 is 0 Å². The van der Waals surface area contributed by atoms with Crippen molar-refractivity contribution in [3.63, 3.8) is 0 Å². The molecular weight excluding hydrogens is 260 g/mol. The van der Waals surface area contributed by atoms with Crippen molar-refractivity contribution in [3.8, 4) is 0 Å². The zero-order valence-corrected chi connectivity index (χ0v) is 12.2. The van der Waals surface area contributed by atoms with Crippen LogP contribution in [0.25, 0.3) is 0 Å². The predicted molar refractivity (Wildman–Crippen MR) is 84.3 cm³/mol. The Kier molecular flexibility index (Phi) is 3.02. The summed E-state index contributed by atoms with van der Waals surface area (Å²) in [6.45, 7) is 1.88. The summed E-state index contributed by atoms with van der Waals surface area (Å²) in [6, 6.07) is 6.24. The predicted octanol–water partition coefficient (Wildman–Crippen LogP) is 2.50. The highest BCUT2D eigenvalue weighted by molar-refractivity contribution is 5.57. The molecular formula is C17H20N4. The molecule has 1 aromatic carbocycles. The molecule has 1 aliphatic heterocycles. The van der Waals surface area contributed by atoms with E-state index < -0.39 is 0 Å². The fraction of sp³-hybridized carbons (Fsp3) is 0.412. The van der Waals surface area contributed by atoms with Gasteiger partial charge in [-0.2, -0.15) is 0 Å². The van der Waals surface area contributed by atoms with Crippen molar-refractivity contribution in [2.75, 3.05) is 17.2 Å². The minimum Gasteiger partial charge on any atom is -0.398 e. The molecule has 4 nitrogen and oxygen atoms in total. The van der Waals surface area contributed by atoms with E-state index in [0.717, 1.165) is 43.9 Å². The Morgan fingerprint density at radius 1 is 1.00 bits per heavy atom. The second-order valence-electron chi connectivity index (χ2n) is 5.99. The standard InChI is InChI=1S/C17H20N4/c18-15-6-3-4-12-8-9-21(10-14(12)15)17-13-5-1-2-7-16(13)19-11-20-17/h3-4,6,11H,1-2,5,7-10,18H2. The Labute approximate surface area is 125 Å². The number of benzene rings is 1. The van der Waals surface area contributed by atoms with Gasteiger partial charge in [-0.1, -0.05) is 12.1 Å². The Hall–Kier alpha value is -2.10. The van der Waals surface area contributed by atoms with Gasteiger partial charge in [0.05, 0.1) is 0 Å². The van der Waals surface area contributed by atoms with Crippen molar-refractivity contribution in [2.45, 2.75) is 38.6 Å². The molecule has 1 aliphatic carbocycles. The number of hydrogen-bond donors (Lipinski definition) is 1. The van der Waals surface area contributed by atoms with Gasteiger partial charge in [0.2, 0.25) is 0 Å². The van der Waals surface area contributed by atoms with Crippen LogP contribution >= 0.6 is 0 Å². The van der Waals surface area contributed by atoms with Crippen LogP contribution in [0.1, 0.15) is 35.2 Å². The van der Waals surface area contributed by atoms with Gasteiger partial charge < -0.3 is 10.6 Å². The zero-order valence-electron chi connectivity index (χ0n) is 12.2. The van der Waals surface area contributed by atoms with Crippen molar-refractivity contribution >= 4 is 11.5 Å². The highest BCUT2D eigenvalue weighted by Crippen LogP contribution is 2.32. The quantitative estimate of drug-likeness (QED) is 0.815. The van der Waals surface area contributed by atoms with Crippen molar-refractivity contribution in [1.82, 2.24) is 9.97 Å². The van der Waals surface area contributed by atoms with Gasteiger partial charge in [-0.3, -0.25) is 0 Å². The van der Waals surface area contributed by atoms with Crippen LogP contribution in [-0.2, 0) is 25.8 Å². The van der Waals surface area contributed by atoms with Gasteiger partial charge in [-0.05, 0) is 49.3 Å². The van der Waals surface area contributed by atoms with Crippen LogP contribution < -0.4 is 10.6 Å². The van der Waals surface area contributed by atoms with Crippen LogP contribution in [0.2, 0.25) is 0 Å². The highest BCUT2D eigenvalue weighted by atomic mass is 15.2. The van der Waals surface area contributed by atoms with E-state index in [1.807, 2.05) is 6.07 Å². The molecule has 0 radical (unpaired) electrons. The van der Waals surface area contributed by atoms with Gasteiger partial charge in [0.15, 0.2) is 0 Å². The molecule has 4 heteroatoms. The number of nitrogen functional groups attached to an aromatic ring is 1. The molecule has 0 fully saturated rings. The average Bonchev–Trinajstić information content (AvgIpc) is 2.54. The third-order valence-electron chi connectivity index (χ3n) is 4.71. The monoisotopic (exact) mass is 280 g/mol. The topological polar surface area (TPSA) is 55.0 Å². The average molecular weight is 280 g/mol. The number of aryl methyl sites for hydroxylation is 1. The molecule has 1 aromatic heterocycles. The number of nitrogens with zero attached hydrogens (tertiary/aromatic N) is 3. The number of hydrogen-bond acceptors (Lipinski definition) is 4. The third-order valence-corrected chi connectivity index (χ3v) is 4.71. The maximum absolute atomic E-state index is 6.16. The SMILES string of the molecule is Nc1cccc2c1CN(c1ncnc3c1CCCC3)CC2.